The molecule has 0 radical (unpaired) electrons. The van der Waals surface area contributed by atoms with Crippen LogP contribution < -0.4 is 5.43 Å². The van der Waals surface area contributed by atoms with E-state index in [0.717, 1.165) is 0 Å². The van der Waals surface area contributed by atoms with E-state index in [-0.39, 0.29) is 17.9 Å². The molecule has 0 aliphatic heterocycles. The average Bonchev–Trinajstić information content (AvgIpc) is 2.75. The van der Waals surface area contributed by atoms with Gasteiger partial charge in [-0.1, -0.05) is 0 Å². The zero-order valence-electron chi connectivity index (χ0n) is 8.84. The van der Waals surface area contributed by atoms with E-state index in [1.54, 1.807) is 6.07 Å². The van der Waals surface area contributed by atoms with Gasteiger partial charge in [-0.05, 0) is 13.0 Å². The van der Waals surface area contributed by atoms with Crippen LogP contribution >= 0.6 is 0 Å². The lowest BCUT2D eigenvalue weighted by atomic mass is 10.3. The zero-order valence-corrected chi connectivity index (χ0v) is 8.84. The lowest BCUT2D eigenvalue weighted by molar-refractivity contribution is -0.402. The van der Waals surface area contributed by atoms with E-state index in [4.69, 9.17) is 9.68 Å². The first-order chi connectivity index (χ1) is 8.04. The van der Waals surface area contributed by atoms with Gasteiger partial charge < -0.3 is 4.42 Å². The molecular formula is C9H8N4O4. The van der Waals surface area contributed by atoms with Crippen molar-refractivity contribution >= 4 is 17.5 Å². The summed E-state index contributed by atoms with van der Waals surface area (Å²) in [5.41, 5.74) is 2.38. The fraction of sp³-hybridized carbons (Fsp3) is 0.222. The van der Waals surface area contributed by atoms with Gasteiger partial charge in [0.25, 0.3) is 5.91 Å². The molecule has 1 N–H and O–H groups in total. The maximum atomic E-state index is 10.9. The van der Waals surface area contributed by atoms with Crippen LogP contribution in [0, 0.1) is 21.4 Å². The number of nitro groups is 1. The van der Waals surface area contributed by atoms with Crippen LogP contribution in [0.15, 0.2) is 21.7 Å². The number of nitrogens with one attached hydrogen (secondary N) is 1. The van der Waals surface area contributed by atoms with Gasteiger partial charge in [0.1, 0.15) is 17.1 Å². The lowest BCUT2D eigenvalue weighted by Crippen LogP contribution is -2.18. The van der Waals surface area contributed by atoms with E-state index in [9.17, 15) is 14.9 Å². The quantitative estimate of drug-likeness (QED) is 0.473. The van der Waals surface area contributed by atoms with E-state index in [1.807, 2.05) is 0 Å². The van der Waals surface area contributed by atoms with Crippen LogP contribution in [0.1, 0.15) is 19.1 Å². The Bertz CT molecular complexity index is 511. The number of amides is 1. The predicted molar refractivity (Wildman–Crippen MR) is 55.9 cm³/mol. The summed E-state index contributed by atoms with van der Waals surface area (Å²) >= 11 is 0. The van der Waals surface area contributed by atoms with E-state index in [0.29, 0.717) is 0 Å². The van der Waals surface area contributed by atoms with Crippen molar-refractivity contribution in [1.82, 2.24) is 5.43 Å². The highest BCUT2D eigenvalue weighted by molar-refractivity contribution is 5.97. The number of rotatable bonds is 4. The summed E-state index contributed by atoms with van der Waals surface area (Å²) in [6, 6.07) is 4.21. The van der Waals surface area contributed by atoms with Crippen LogP contribution in [0.3, 0.4) is 0 Å². The second kappa shape index (κ2) is 5.41. The Kier molecular flexibility index (Phi) is 3.94. The Morgan fingerprint density at radius 2 is 2.41 bits per heavy atom. The van der Waals surface area contributed by atoms with Gasteiger partial charge in [0.05, 0.1) is 12.1 Å². The maximum absolute atomic E-state index is 10.9. The number of hydrogen-bond donors (Lipinski definition) is 1. The van der Waals surface area contributed by atoms with Crippen molar-refractivity contribution in [3.05, 3.63) is 28.0 Å². The molecule has 0 spiro atoms. The molecular weight excluding hydrogens is 228 g/mol. The van der Waals surface area contributed by atoms with Gasteiger partial charge >= 0.3 is 5.88 Å². The number of carbonyl (C=O) groups is 1. The first-order valence-electron chi connectivity index (χ1n) is 4.49. The van der Waals surface area contributed by atoms with Gasteiger partial charge in [0.15, 0.2) is 5.76 Å². The molecule has 0 atom stereocenters. The van der Waals surface area contributed by atoms with E-state index < -0.39 is 16.7 Å². The molecule has 1 aromatic rings. The van der Waals surface area contributed by atoms with Gasteiger partial charge in [-0.3, -0.25) is 14.9 Å². The Hall–Kier alpha value is -2.69. The fourth-order valence-corrected chi connectivity index (χ4v) is 0.933. The molecule has 0 aliphatic carbocycles. The molecule has 0 aromatic carbocycles. The molecule has 0 unspecified atom stereocenters. The van der Waals surface area contributed by atoms with Gasteiger partial charge in [-0.2, -0.15) is 10.4 Å². The maximum Gasteiger partial charge on any atom is 0.433 e. The molecule has 1 rings (SSSR count). The lowest BCUT2D eigenvalue weighted by Gasteiger charge is -1.96. The largest absolute Gasteiger partial charge is 0.433 e. The predicted octanol–water partition coefficient (Wildman–Crippen LogP) is 0.942. The van der Waals surface area contributed by atoms with E-state index in [2.05, 4.69) is 10.5 Å². The van der Waals surface area contributed by atoms with Crippen LogP contribution in [-0.4, -0.2) is 16.5 Å². The number of hydrogen-bond acceptors (Lipinski definition) is 6. The zero-order chi connectivity index (χ0) is 12.8. The first kappa shape index (κ1) is 12.4. The Morgan fingerprint density at radius 3 is 2.94 bits per heavy atom. The highest BCUT2D eigenvalue weighted by Crippen LogP contribution is 2.15. The monoisotopic (exact) mass is 236 g/mol. The van der Waals surface area contributed by atoms with Crippen LogP contribution in [0.2, 0.25) is 0 Å². The van der Waals surface area contributed by atoms with Crippen LogP contribution in [0.5, 0.6) is 0 Å². The molecule has 0 aliphatic rings. The van der Waals surface area contributed by atoms with E-state index >= 15 is 0 Å². The van der Waals surface area contributed by atoms with Crippen molar-refractivity contribution in [2.24, 2.45) is 5.10 Å². The SMILES string of the molecule is CC(=NNC(=O)CC#N)c1ccc([N+](=O)[O-])o1. The summed E-state index contributed by atoms with van der Waals surface area (Å²) < 4.78 is 4.85. The Balaban J connectivity index is 2.72. The number of carbonyl (C=O) groups excluding carboxylic acids is 1. The van der Waals surface area contributed by atoms with Crippen molar-refractivity contribution in [1.29, 1.82) is 5.26 Å². The average molecular weight is 236 g/mol. The smallest absolute Gasteiger partial charge is 0.399 e. The molecule has 17 heavy (non-hydrogen) atoms. The van der Waals surface area contributed by atoms with Crippen molar-refractivity contribution in [3.8, 4) is 6.07 Å². The third-order valence-corrected chi connectivity index (χ3v) is 1.72. The molecule has 8 nitrogen and oxygen atoms in total. The standard InChI is InChI=1S/C9H8N4O4/c1-6(11-12-8(14)4-5-10)7-2-3-9(17-7)13(15)16/h2-3H,4H2,1H3,(H,12,14). The first-order valence-corrected chi connectivity index (χ1v) is 4.49. The third-order valence-electron chi connectivity index (χ3n) is 1.72. The normalized spacial score (nSPS) is 10.7. The van der Waals surface area contributed by atoms with Gasteiger partial charge in [-0.15, -0.1) is 0 Å². The summed E-state index contributed by atoms with van der Waals surface area (Å²) in [5, 5.41) is 22.2. The molecule has 1 heterocycles. The molecule has 88 valence electrons. The number of furan rings is 1. The number of hydrazone groups is 1. The molecule has 0 bridgehead atoms. The highest BCUT2D eigenvalue weighted by Gasteiger charge is 2.13. The summed E-state index contributed by atoms with van der Waals surface area (Å²) in [4.78, 5) is 20.6. The molecule has 0 saturated carbocycles. The van der Waals surface area contributed by atoms with Crippen molar-refractivity contribution in [2.75, 3.05) is 0 Å². The molecule has 1 amide bonds. The third kappa shape index (κ3) is 3.42. The van der Waals surface area contributed by atoms with Crippen molar-refractivity contribution in [2.45, 2.75) is 13.3 Å². The summed E-state index contributed by atoms with van der Waals surface area (Å²) in [6.45, 7) is 1.51. The number of nitrogens with zero attached hydrogens (tertiary/aromatic N) is 3. The van der Waals surface area contributed by atoms with Crippen LogP contribution in [0.4, 0.5) is 5.88 Å². The highest BCUT2D eigenvalue weighted by atomic mass is 16.6. The fourth-order valence-electron chi connectivity index (χ4n) is 0.933. The summed E-state index contributed by atoms with van der Waals surface area (Å²) in [7, 11) is 0. The topological polar surface area (TPSA) is 122 Å². The van der Waals surface area contributed by atoms with Crippen molar-refractivity contribution < 1.29 is 14.1 Å². The molecule has 0 saturated heterocycles. The van der Waals surface area contributed by atoms with E-state index in [1.165, 1.54) is 19.1 Å². The van der Waals surface area contributed by atoms with Gasteiger partial charge in [-0.25, -0.2) is 5.43 Å². The molecule has 1 aromatic heterocycles. The second-order valence-electron chi connectivity index (χ2n) is 2.96. The van der Waals surface area contributed by atoms with Crippen LogP contribution in [-0.2, 0) is 4.79 Å². The molecule has 0 fully saturated rings. The number of nitriles is 1. The second-order valence-corrected chi connectivity index (χ2v) is 2.96. The summed E-state index contributed by atoms with van der Waals surface area (Å²) in [6.07, 6.45) is -0.310. The Morgan fingerprint density at radius 1 is 1.71 bits per heavy atom. The summed E-state index contributed by atoms with van der Waals surface area (Å²) in [5.74, 6) is -0.792. The minimum atomic E-state index is -0.676. The minimum absolute atomic E-state index is 0.175. The molecule has 8 heteroatoms. The van der Waals surface area contributed by atoms with Crippen LogP contribution in [0.25, 0.3) is 0 Å². The minimum Gasteiger partial charge on any atom is -0.399 e. The van der Waals surface area contributed by atoms with Gasteiger partial charge in [0.2, 0.25) is 0 Å². The van der Waals surface area contributed by atoms with Gasteiger partial charge in [0, 0.05) is 0 Å². The Labute approximate surface area is 95.7 Å². The van der Waals surface area contributed by atoms with Crippen molar-refractivity contribution in [3.63, 3.8) is 0 Å².